The molecule has 0 bridgehead atoms. The zero-order valence-electron chi connectivity index (χ0n) is 17.4. The van der Waals surface area contributed by atoms with Gasteiger partial charge >= 0.3 is 5.97 Å². The summed E-state index contributed by atoms with van der Waals surface area (Å²) in [5.41, 5.74) is 0.0456. The molecule has 0 saturated heterocycles. The number of unbranched alkanes of at least 4 members (excludes halogenated alkanes) is 13. The summed E-state index contributed by atoms with van der Waals surface area (Å²) in [7, 11) is 0. The van der Waals surface area contributed by atoms with E-state index in [0.717, 1.165) is 25.3 Å². The topological polar surface area (TPSA) is 98.0 Å². The molecule has 0 aliphatic rings. The second kappa shape index (κ2) is 14.1. The third-order valence-electron chi connectivity index (χ3n) is 5.37. The van der Waals surface area contributed by atoms with Crippen LogP contribution in [0, 0.1) is 0 Å². The molecular weight excluding hydrogens is 356 g/mol. The van der Waals surface area contributed by atoms with Crippen LogP contribution >= 0.6 is 0 Å². The summed E-state index contributed by atoms with van der Waals surface area (Å²) in [5, 5.41) is 38.2. The Morgan fingerprint density at radius 2 is 1.14 bits per heavy atom. The highest BCUT2D eigenvalue weighted by Crippen LogP contribution is 2.40. The first-order valence-corrected chi connectivity index (χ1v) is 11.0. The van der Waals surface area contributed by atoms with Crippen molar-refractivity contribution in [1.82, 2.24) is 0 Å². The first-order valence-electron chi connectivity index (χ1n) is 11.0. The molecule has 0 amide bonds. The summed E-state index contributed by atoms with van der Waals surface area (Å²) in [4.78, 5) is 11.3. The largest absolute Gasteiger partial charge is 0.504 e. The zero-order chi connectivity index (χ0) is 20.8. The number of aromatic hydroxyl groups is 3. The van der Waals surface area contributed by atoms with E-state index in [1.54, 1.807) is 0 Å². The molecule has 0 fully saturated rings. The number of benzene rings is 1. The van der Waals surface area contributed by atoms with Gasteiger partial charge in [0, 0.05) is 5.56 Å². The van der Waals surface area contributed by atoms with Crippen molar-refractivity contribution in [3.05, 3.63) is 17.2 Å². The molecule has 0 radical (unpaired) electrons. The van der Waals surface area contributed by atoms with Crippen molar-refractivity contribution in [3.8, 4) is 17.2 Å². The van der Waals surface area contributed by atoms with E-state index in [1.165, 1.54) is 70.6 Å². The number of phenolic OH excluding ortho intramolecular Hbond substituents is 3. The normalized spacial score (nSPS) is 11.0. The Hall–Kier alpha value is -1.91. The number of phenols is 3. The molecule has 0 spiro atoms. The van der Waals surface area contributed by atoms with Crippen LogP contribution in [-0.2, 0) is 6.42 Å². The van der Waals surface area contributed by atoms with Crippen LogP contribution in [0.5, 0.6) is 17.2 Å². The van der Waals surface area contributed by atoms with Crippen molar-refractivity contribution in [2.45, 2.75) is 103 Å². The van der Waals surface area contributed by atoms with Crippen LogP contribution < -0.4 is 0 Å². The standard InChI is InChI=1S/C23H38O5/c1-2-3-4-5-6-7-8-9-10-11-12-13-14-15-16-18-19(23(27)28)17-20(24)22(26)21(18)25/h17,24-26H,2-16H2,1H3,(H,27,28). The summed E-state index contributed by atoms with van der Waals surface area (Å²) in [6, 6.07) is 0.997. The maximum absolute atomic E-state index is 11.3. The molecule has 1 aromatic rings. The number of carbonyl (C=O) groups is 1. The smallest absolute Gasteiger partial charge is 0.336 e. The minimum absolute atomic E-state index is 0.150. The van der Waals surface area contributed by atoms with Crippen molar-refractivity contribution < 1.29 is 25.2 Å². The second-order valence-corrected chi connectivity index (χ2v) is 7.77. The molecule has 28 heavy (non-hydrogen) atoms. The van der Waals surface area contributed by atoms with Gasteiger partial charge in [-0.1, -0.05) is 90.4 Å². The van der Waals surface area contributed by atoms with Gasteiger partial charge in [-0.2, -0.15) is 0 Å². The minimum Gasteiger partial charge on any atom is -0.504 e. The summed E-state index contributed by atoms with van der Waals surface area (Å²) < 4.78 is 0. The number of aromatic carboxylic acids is 1. The molecule has 0 aliphatic carbocycles. The van der Waals surface area contributed by atoms with Gasteiger partial charge in [0.1, 0.15) is 0 Å². The van der Waals surface area contributed by atoms with E-state index in [1.807, 2.05) is 0 Å². The monoisotopic (exact) mass is 394 g/mol. The first-order chi connectivity index (χ1) is 13.5. The average molecular weight is 395 g/mol. The average Bonchev–Trinajstić information content (AvgIpc) is 2.67. The maximum atomic E-state index is 11.3. The highest BCUT2D eigenvalue weighted by atomic mass is 16.4. The van der Waals surface area contributed by atoms with Crippen LogP contribution in [0.1, 0.15) is 113 Å². The summed E-state index contributed by atoms with van der Waals surface area (Å²) >= 11 is 0. The van der Waals surface area contributed by atoms with E-state index in [-0.39, 0.29) is 11.1 Å². The van der Waals surface area contributed by atoms with Crippen molar-refractivity contribution in [2.75, 3.05) is 0 Å². The fraction of sp³-hybridized carbons (Fsp3) is 0.696. The lowest BCUT2D eigenvalue weighted by molar-refractivity contribution is 0.0694. The first kappa shape index (κ1) is 24.1. The van der Waals surface area contributed by atoms with E-state index in [4.69, 9.17) is 0 Å². The molecule has 0 aliphatic heterocycles. The molecule has 0 unspecified atom stereocenters. The molecule has 5 nitrogen and oxygen atoms in total. The van der Waals surface area contributed by atoms with E-state index < -0.39 is 23.2 Å². The summed E-state index contributed by atoms with van der Waals surface area (Å²) in [6.45, 7) is 2.25. The van der Waals surface area contributed by atoms with Gasteiger partial charge in [-0.3, -0.25) is 0 Å². The van der Waals surface area contributed by atoms with Gasteiger partial charge in [0.15, 0.2) is 11.5 Å². The van der Waals surface area contributed by atoms with Crippen molar-refractivity contribution in [1.29, 1.82) is 0 Å². The van der Waals surface area contributed by atoms with Gasteiger partial charge in [0.05, 0.1) is 5.56 Å². The second-order valence-electron chi connectivity index (χ2n) is 7.77. The number of carboxylic acids is 1. The van der Waals surface area contributed by atoms with Gasteiger partial charge in [-0.15, -0.1) is 0 Å². The number of carboxylic acid groups (broad SMARTS) is 1. The van der Waals surface area contributed by atoms with E-state index >= 15 is 0 Å². The maximum Gasteiger partial charge on any atom is 0.336 e. The quantitative estimate of drug-likeness (QED) is 0.189. The highest BCUT2D eigenvalue weighted by molar-refractivity contribution is 5.91. The molecule has 1 rings (SSSR count). The van der Waals surface area contributed by atoms with Gasteiger partial charge in [-0.05, 0) is 18.9 Å². The Morgan fingerprint density at radius 1 is 0.714 bits per heavy atom. The van der Waals surface area contributed by atoms with Crippen molar-refractivity contribution in [2.24, 2.45) is 0 Å². The Balaban J connectivity index is 2.12. The molecule has 0 atom stereocenters. The molecule has 0 saturated carbocycles. The van der Waals surface area contributed by atoms with Crippen LogP contribution in [0.2, 0.25) is 0 Å². The molecule has 0 heterocycles. The SMILES string of the molecule is CCCCCCCCCCCCCCCCc1c(C(=O)O)cc(O)c(O)c1O. The number of hydrogen-bond donors (Lipinski definition) is 4. The molecular formula is C23H38O5. The highest BCUT2D eigenvalue weighted by Gasteiger charge is 2.20. The van der Waals surface area contributed by atoms with Crippen LogP contribution in [0.15, 0.2) is 6.07 Å². The molecule has 0 aromatic heterocycles. The predicted octanol–water partition coefficient (Wildman–Crippen LogP) is 6.53. The fourth-order valence-corrected chi connectivity index (χ4v) is 3.62. The predicted molar refractivity (Wildman–Crippen MR) is 112 cm³/mol. The number of hydrogen-bond acceptors (Lipinski definition) is 4. The van der Waals surface area contributed by atoms with Crippen LogP contribution in [0.3, 0.4) is 0 Å². The van der Waals surface area contributed by atoms with Gasteiger partial charge in [-0.25, -0.2) is 4.79 Å². The fourth-order valence-electron chi connectivity index (χ4n) is 3.62. The summed E-state index contributed by atoms with van der Waals surface area (Å²) in [6.07, 6.45) is 17.7. The van der Waals surface area contributed by atoms with Gasteiger partial charge in [0.2, 0.25) is 5.75 Å². The van der Waals surface area contributed by atoms with Gasteiger partial charge in [0.25, 0.3) is 0 Å². The third-order valence-corrected chi connectivity index (χ3v) is 5.37. The van der Waals surface area contributed by atoms with Crippen LogP contribution in [-0.4, -0.2) is 26.4 Å². The molecule has 160 valence electrons. The minimum atomic E-state index is -1.22. The van der Waals surface area contributed by atoms with Crippen molar-refractivity contribution in [3.63, 3.8) is 0 Å². The molecule has 1 aromatic carbocycles. The Morgan fingerprint density at radius 3 is 1.57 bits per heavy atom. The lowest BCUT2D eigenvalue weighted by atomic mass is 9.98. The van der Waals surface area contributed by atoms with Gasteiger partial charge < -0.3 is 20.4 Å². The third kappa shape index (κ3) is 8.85. The lowest BCUT2D eigenvalue weighted by Crippen LogP contribution is -2.03. The van der Waals surface area contributed by atoms with E-state index in [0.29, 0.717) is 6.42 Å². The zero-order valence-corrected chi connectivity index (χ0v) is 17.4. The van der Waals surface area contributed by atoms with E-state index in [9.17, 15) is 25.2 Å². The number of rotatable bonds is 16. The Bertz CT molecular complexity index is 583. The van der Waals surface area contributed by atoms with E-state index in [2.05, 4.69) is 6.92 Å². The summed E-state index contributed by atoms with van der Waals surface area (Å²) in [5.74, 6) is -3.00. The lowest BCUT2D eigenvalue weighted by Gasteiger charge is -2.11. The molecule has 5 heteroatoms. The van der Waals surface area contributed by atoms with Crippen LogP contribution in [0.4, 0.5) is 0 Å². The van der Waals surface area contributed by atoms with Crippen LogP contribution in [0.25, 0.3) is 0 Å². The molecule has 4 N–H and O–H groups in total. The van der Waals surface area contributed by atoms with Crippen molar-refractivity contribution >= 4 is 5.97 Å². The Labute approximate surface area is 169 Å². The Kier molecular flexibility index (Phi) is 12.2.